The fraction of sp³-hybridized carbons (Fsp3) is 0.400. The molecule has 1 unspecified atom stereocenters. The van der Waals surface area contributed by atoms with Gasteiger partial charge in [0.1, 0.15) is 11.4 Å². The van der Waals surface area contributed by atoms with Crippen LogP contribution in [0.15, 0.2) is 36.4 Å². The Hall–Kier alpha value is -3.89. The Morgan fingerprint density at radius 1 is 1.00 bits per heavy atom. The van der Waals surface area contributed by atoms with Crippen molar-refractivity contribution in [2.75, 3.05) is 38.2 Å². The van der Waals surface area contributed by atoms with E-state index in [9.17, 15) is 23.2 Å². The monoisotopic (exact) mass is 503 g/mol. The molecule has 2 heterocycles. The second-order valence-electron chi connectivity index (χ2n) is 9.52. The molecule has 0 radical (unpaired) electrons. The van der Waals surface area contributed by atoms with Crippen LogP contribution >= 0.6 is 0 Å². The molecule has 2 aromatic carbocycles. The van der Waals surface area contributed by atoms with Crippen molar-refractivity contribution in [3.63, 3.8) is 0 Å². The summed E-state index contributed by atoms with van der Waals surface area (Å²) in [5.41, 5.74) is -0.304. The number of ether oxygens (including phenoxy) is 3. The van der Waals surface area contributed by atoms with Crippen molar-refractivity contribution in [1.82, 2.24) is 9.80 Å². The number of anilines is 1. The SMILES string of the molecule is COC(=O)c1cc(F)c(Oc2ccc(N3CC4CN(C(=O)OC(C)(C)C)CCN4C3=O)cc2)c(F)c1. The molecule has 2 saturated heterocycles. The van der Waals surface area contributed by atoms with E-state index in [0.29, 0.717) is 31.9 Å². The van der Waals surface area contributed by atoms with E-state index in [1.54, 1.807) is 47.6 Å². The molecule has 9 nitrogen and oxygen atoms in total. The number of carbonyl (C=O) groups excluding carboxylic acids is 3. The summed E-state index contributed by atoms with van der Waals surface area (Å²) in [6, 6.07) is 7.47. The molecule has 0 spiro atoms. The van der Waals surface area contributed by atoms with Gasteiger partial charge in [0, 0.05) is 31.9 Å². The first kappa shape index (κ1) is 25.2. The van der Waals surface area contributed by atoms with Gasteiger partial charge in [-0.25, -0.2) is 23.2 Å². The highest BCUT2D eigenvalue weighted by Gasteiger charge is 2.42. The molecule has 2 aromatic rings. The molecule has 0 aliphatic carbocycles. The Labute approximate surface area is 207 Å². The van der Waals surface area contributed by atoms with Crippen molar-refractivity contribution in [2.24, 2.45) is 0 Å². The van der Waals surface area contributed by atoms with Gasteiger partial charge in [-0.15, -0.1) is 0 Å². The first-order valence-corrected chi connectivity index (χ1v) is 11.4. The number of piperazine rings is 1. The number of methoxy groups -OCH3 is 1. The van der Waals surface area contributed by atoms with E-state index in [4.69, 9.17) is 9.47 Å². The zero-order valence-electron chi connectivity index (χ0n) is 20.4. The van der Waals surface area contributed by atoms with E-state index in [-0.39, 0.29) is 23.4 Å². The van der Waals surface area contributed by atoms with Gasteiger partial charge < -0.3 is 24.0 Å². The summed E-state index contributed by atoms with van der Waals surface area (Å²) < 4.78 is 44.0. The Balaban J connectivity index is 1.43. The Kier molecular flexibility index (Phi) is 6.75. The molecule has 0 bridgehead atoms. The smallest absolute Gasteiger partial charge is 0.410 e. The lowest BCUT2D eigenvalue weighted by atomic mass is 10.2. The Bertz CT molecular complexity index is 1160. The minimum atomic E-state index is -1.05. The van der Waals surface area contributed by atoms with E-state index < -0.39 is 35.0 Å². The maximum absolute atomic E-state index is 14.4. The molecular formula is C25H27F2N3O6. The lowest BCUT2D eigenvalue weighted by molar-refractivity contribution is 0.0128. The summed E-state index contributed by atoms with van der Waals surface area (Å²) in [6.45, 7) is 6.90. The zero-order chi connectivity index (χ0) is 26.2. The second kappa shape index (κ2) is 9.63. The summed E-state index contributed by atoms with van der Waals surface area (Å²) in [4.78, 5) is 41.8. The Morgan fingerprint density at radius 3 is 2.22 bits per heavy atom. The molecular weight excluding hydrogens is 476 g/mol. The van der Waals surface area contributed by atoms with Crippen LogP contribution < -0.4 is 9.64 Å². The molecule has 1 atom stereocenters. The van der Waals surface area contributed by atoms with E-state index in [1.807, 2.05) is 0 Å². The fourth-order valence-corrected chi connectivity index (χ4v) is 4.12. The van der Waals surface area contributed by atoms with Crippen molar-refractivity contribution in [2.45, 2.75) is 32.4 Å². The number of fused-ring (bicyclic) bond motifs is 1. The molecule has 0 N–H and O–H groups in total. The van der Waals surface area contributed by atoms with Crippen LogP contribution in [-0.4, -0.2) is 72.8 Å². The summed E-state index contributed by atoms with van der Waals surface area (Å²) in [6.07, 6.45) is -0.409. The van der Waals surface area contributed by atoms with Gasteiger partial charge >= 0.3 is 18.1 Å². The number of carbonyl (C=O) groups is 3. The molecule has 2 fully saturated rings. The maximum Gasteiger partial charge on any atom is 0.410 e. The van der Waals surface area contributed by atoms with Crippen molar-refractivity contribution in [3.8, 4) is 11.5 Å². The fourth-order valence-electron chi connectivity index (χ4n) is 4.12. The average molecular weight is 504 g/mol. The van der Waals surface area contributed by atoms with Gasteiger partial charge in [0.25, 0.3) is 0 Å². The zero-order valence-corrected chi connectivity index (χ0v) is 20.4. The minimum absolute atomic E-state index is 0.142. The predicted molar refractivity (Wildman–Crippen MR) is 125 cm³/mol. The molecule has 2 aliphatic rings. The van der Waals surface area contributed by atoms with Crippen molar-refractivity contribution in [3.05, 3.63) is 53.6 Å². The summed E-state index contributed by atoms with van der Waals surface area (Å²) in [7, 11) is 1.11. The van der Waals surface area contributed by atoms with E-state index in [2.05, 4.69) is 4.74 Å². The van der Waals surface area contributed by atoms with Gasteiger partial charge in [0.2, 0.25) is 0 Å². The summed E-state index contributed by atoms with van der Waals surface area (Å²) >= 11 is 0. The van der Waals surface area contributed by atoms with Crippen LogP contribution in [0.4, 0.5) is 24.1 Å². The number of nitrogens with zero attached hydrogens (tertiary/aromatic N) is 3. The van der Waals surface area contributed by atoms with Crippen LogP contribution in [0, 0.1) is 11.6 Å². The number of urea groups is 1. The van der Waals surface area contributed by atoms with E-state index in [1.165, 1.54) is 12.1 Å². The highest BCUT2D eigenvalue weighted by atomic mass is 19.1. The number of rotatable bonds is 4. The van der Waals surface area contributed by atoms with Crippen LogP contribution in [0.2, 0.25) is 0 Å². The predicted octanol–water partition coefficient (Wildman–Crippen LogP) is 4.41. The molecule has 2 aliphatic heterocycles. The normalized spacial score (nSPS) is 17.7. The average Bonchev–Trinajstić information content (AvgIpc) is 3.15. The second-order valence-corrected chi connectivity index (χ2v) is 9.52. The molecule has 192 valence electrons. The van der Waals surface area contributed by atoms with Crippen LogP contribution in [-0.2, 0) is 9.47 Å². The van der Waals surface area contributed by atoms with Gasteiger partial charge in [-0.3, -0.25) is 4.90 Å². The third-order valence-electron chi connectivity index (χ3n) is 5.79. The topological polar surface area (TPSA) is 88.6 Å². The molecule has 0 saturated carbocycles. The third kappa shape index (κ3) is 5.19. The number of hydrogen-bond acceptors (Lipinski definition) is 6. The standard InChI is InChI=1S/C25H27F2N3O6/c1-25(2,3)36-24(33)28-9-10-29-17(13-28)14-30(23(29)32)16-5-7-18(8-6-16)35-21-19(26)11-15(12-20(21)27)22(31)34-4/h5-8,11-12,17H,9-10,13-14H2,1-4H3. The van der Waals surface area contributed by atoms with Gasteiger partial charge in [-0.1, -0.05) is 0 Å². The van der Waals surface area contributed by atoms with Gasteiger partial charge in [0.05, 0.1) is 18.7 Å². The van der Waals surface area contributed by atoms with Crippen molar-refractivity contribution < 1.29 is 37.4 Å². The van der Waals surface area contributed by atoms with Crippen LogP contribution in [0.25, 0.3) is 0 Å². The van der Waals surface area contributed by atoms with Gasteiger partial charge in [-0.2, -0.15) is 0 Å². The number of esters is 1. The first-order valence-electron chi connectivity index (χ1n) is 11.4. The summed E-state index contributed by atoms with van der Waals surface area (Å²) in [5.74, 6) is -3.50. The van der Waals surface area contributed by atoms with Gasteiger partial charge in [0.15, 0.2) is 17.4 Å². The quantitative estimate of drug-likeness (QED) is 0.575. The van der Waals surface area contributed by atoms with Gasteiger partial charge in [-0.05, 0) is 57.2 Å². The molecule has 0 aromatic heterocycles. The largest absolute Gasteiger partial charge is 0.465 e. The third-order valence-corrected chi connectivity index (χ3v) is 5.79. The molecule has 3 amide bonds. The highest BCUT2D eigenvalue weighted by Crippen LogP contribution is 2.32. The Morgan fingerprint density at radius 2 is 1.64 bits per heavy atom. The lowest BCUT2D eigenvalue weighted by Gasteiger charge is -2.36. The first-order chi connectivity index (χ1) is 17.0. The van der Waals surface area contributed by atoms with Crippen molar-refractivity contribution in [1.29, 1.82) is 0 Å². The van der Waals surface area contributed by atoms with E-state index >= 15 is 0 Å². The van der Waals surface area contributed by atoms with Crippen LogP contribution in [0.3, 0.4) is 0 Å². The number of amides is 3. The van der Waals surface area contributed by atoms with E-state index in [0.717, 1.165) is 19.2 Å². The number of halogens is 2. The highest BCUT2D eigenvalue weighted by molar-refractivity contribution is 5.95. The van der Waals surface area contributed by atoms with Crippen LogP contribution in [0.5, 0.6) is 11.5 Å². The molecule has 11 heteroatoms. The lowest BCUT2D eigenvalue weighted by Crippen LogP contribution is -2.54. The summed E-state index contributed by atoms with van der Waals surface area (Å²) in [5, 5.41) is 0. The molecule has 36 heavy (non-hydrogen) atoms. The maximum atomic E-state index is 14.4. The minimum Gasteiger partial charge on any atom is -0.465 e. The molecule has 4 rings (SSSR count). The number of hydrogen-bond donors (Lipinski definition) is 0. The number of benzene rings is 2. The van der Waals surface area contributed by atoms with Crippen LogP contribution in [0.1, 0.15) is 31.1 Å². The van der Waals surface area contributed by atoms with Crippen molar-refractivity contribution >= 4 is 23.8 Å².